The molecule has 1 saturated carbocycles. The van der Waals surface area contributed by atoms with Crippen molar-refractivity contribution in [3.05, 3.63) is 24.2 Å². The number of anilines is 2. The van der Waals surface area contributed by atoms with Gasteiger partial charge < -0.3 is 26.0 Å². The summed E-state index contributed by atoms with van der Waals surface area (Å²) in [6, 6.07) is 1.06. The second-order valence-corrected chi connectivity index (χ2v) is 9.26. The minimum absolute atomic E-state index is 0.162. The average Bonchev–Trinajstić information content (AvgIpc) is 3.25. The van der Waals surface area contributed by atoms with E-state index in [0.717, 1.165) is 4.70 Å². The third kappa shape index (κ3) is 4.71. The molecule has 0 spiro atoms. The molecule has 3 heterocycles. The minimum Gasteiger partial charge on any atom is -0.396 e. The average molecular weight is 485 g/mol. The Morgan fingerprint density at radius 1 is 1.27 bits per heavy atom. The molecule has 5 N–H and O–H groups in total. The molecule has 9 nitrogen and oxygen atoms in total. The standard InChI is InChI=1S/C20H23F3N6O3S/c1-9-14(17-27-11-6-24-4-3-12(11)33-17)16(29-18(26-9)25-8-20(21,22)23)28-13-5-10(7-30)15(31)19(13,2)32/h3-4,6,10,13,15,30-32H,5,7-8H2,1-2H3,(H2,25,26,28,29)/t10-,13-,15-,19+/m1/s1. The molecule has 3 aromatic heterocycles. The molecule has 0 aliphatic heterocycles. The molecule has 0 amide bonds. The van der Waals surface area contributed by atoms with Gasteiger partial charge in [0, 0.05) is 18.7 Å². The van der Waals surface area contributed by atoms with Crippen molar-refractivity contribution >= 4 is 33.3 Å². The molecule has 0 aromatic carbocycles. The van der Waals surface area contributed by atoms with Gasteiger partial charge in [0.25, 0.3) is 0 Å². The Balaban J connectivity index is 1.77. The molecule has 4 atom stereocenters. The minimum atomic E-state index is -4.46. The molecule has 178 valence electrons. The van der Waals surface area contributed by atoms with E-state index in [2.05, 4.69) is 30.6 Å². The molecular formula is C20H23F3N6O3S. The normalized spacial score (nSPS) is 25.5. The van der Waals surface area contributed by atoms with Crippen LogP contribution in [0.5, 0.6) is 0 Å². The predicted molar refractivity (Wildman–Crippen MR) is 117 cm³/mol. The SMILES string of the molecule is Cc1nc(NCC(F)(F)F)nc(N[C@@H]2C[C@H](CO)[C@@H](O)[C@@]2(C)O)c1-c1nc2cnccc2s1. The number of aromatic nitrogens is 4. The van der Waals surface area contributed by atoms with Crippen LogP contribution in [0.25, 0.3) is 20.8 Å². The topological polar surface area (TPSA) is 136 Å². The number of fused-ring (bicyclic) bond motifs is 1. The van der Waals surface area contributed by atoms with Gasteiger partial charge in [-0.1, -0.05) is 0 Å². The van der Waals surface area contributed by atoms with Crippen LogP contribution in [-0.2, 0) is 0 Å². The number of aryl methyl sites for hydroxylation is 1. The number of hydrogen-bond acceptors (Lipinski definition) is 10. The van der Waals surface area contributed by atoms with Crippen LogP contribution in [0.15, 0.2) is 18.5 Å². The summed E-state index contributed by atoms with van der Waals surface area (Å²) in [7, 11) is 0. The van der Waals surface area contributed by atoms with Gasteiger partial charge in [0.15, 0.2) is 0 Å². The molecule has 0 radical (unpaired) electrons. The largest absolute Gasteiger partial charge is 0.405 e. The summed E-state index contributed by atoms with van der Waals surface area (Å²) in [4.78, 5) is 17.0. The molecule has 4 rings (SSSR count). The van der Waals surface area contributed by atoms with Crippen LogP contribution in [0, 0.1) is 12.8 Å². The van der Waals surface area contributed by atoms with Crippen molar-refractivity contribution in [2.24, 2.45) is 5.92 Å². The number of rotatable bonds is 6. The summed E-state index contributed by atoms with van der Waals surface area (Å²) in [6.07, 6.45) is -2.20. The van der Waals surface area contributed by atoms with Crippen molar-refractivity contribution in [2.45, 2.75) is 44.2 Å². The Labute approximate surface area is 190 Å². The van der Waals surface area contributed by atoms with Crippen LogP contribution in [0.4, 0.5) is 24.9 Å². The second-order valence-electron chi connectivity index (χ2n) is 8.23. The van der Waals surface area contributed by atoms with Crippen molar-refractivity contribution in [2.75, 3.05) is 23.8 Å². The van der Waals surface area contributed by atoms with E-state index in [9.17, 15) is 28.5 Å². The van der Waals surface area contributed by atoms with Crippen LogP contribution >= 0.6 is 11.3 Å². The monoisotopic (exact) mass is 484 g/mol. The molecule has 1 aliphatic rings. The summed E-state index contributed by atoms with van der Waals surface area (Å²) < 4.78 is 39.0. The first-order valence-corrected chi connectivity index (χ1v) is 11.0. The zero-order chi connectivity index (χ0) is 24.0. The van der Waals surface area contributed by atoms with Gasteiger partial charge in [-0.15, -0.1) is 11.3 Å². The van der Waals surface area contributed by atoms with Crippen molar-refractivity contribution in [1.29, 1.82) is 0 Å². The Morgan fingerprint density at radius 3 is 2.67 bits per heavy atom. The number of alkyl halides is 3. The summed E-state index contributed by atoms with van der Waals surface area (Å²) >= 11 is 1.34. The maximum absolute atomic E-state index is 12.7. The lowest BCUT2D eigenvalue weighted by Gasteiger charge is -2.30. The number of nitrogens with zero attached hydrogens (tertiary/aromatic N) is 4. The van der Waals surface area contributed by atoms with Gasteiger partial charge in [0.05, 0.1) is 34.3 Å². The fourth-order valence-corrected chi connectivity index (χ4v) is 5.01. The van der Waals surface area contributed by atoms with E-state index in [4.69, 9.17) is 0 Å². The van der Waals surface area contributed by atoms with E-state index in [-0.39, 0.29) is 24.8 Å². The number of pyridine rings is 1. The van der Waals surface area contributed by atoms with Gasteiger partial charge in [-0.25, -0.2) is 9.97 Å². The second kappa shape index (κ2) is 8.63. The Kier molecular flexibility index (Phi) is 6.16. The lowest BCUT2D eigenvalue weighted by molar-refractivity contribution is -0.115. The molecule has 0 saturated heterocycles. The first-order chi connectivity index (χ1) is 15.5. The first-order valence-electron chi connectivity index (χ1n) is 10.2. The maximum atomic E-state index is 12.7. The molecule has 13 heteroatoms. The Hall–Kier alpha value is -2.61. The van der Waals surface area contributed by atoms with E-state index in [1.807, 2.05) is 0 Å². The number of thiazole rings is 1. The van der Waals surface area contributed by atoms with Gasteiger partial charge in [0.1, 0.15) is 28.5 Å². The smallest absolute Gasteiger partial charge is 0.396 e. The highest BCUT2D eigenvalue weighted by atomic mass is 32.1. The lowest BCUT2D eigenvalue weighted by Crippen LogP contribution is -2.48. The van der Waals surface area contributed by atoms with Crippen molar-refractivity contribution in [1.82, 2.24) is 19.9 Å². The number of aliphatic hydroxyl groups excluding tert-OH is 2. The molecule has 0 unspecified atom stereocenters. The molecule has 0 bridgehead atoms. The summed E-state index contributed by atoms with van der Waals surface area (Å²) in [5.41, 5.74) is -0.126. The molecular weight excluding hydrogens is 461 g/mol. The van der Waals surface area contributed by atoms with Crippen molar-refractivity contribution in [3.8, 4) is 10.6 Å². The van der Waals surface area contributed by atoms with Gasteiger partial charge in [0.2, 0.25) is 5.95 Å². The number of aliphatic hydroxyl groups is 3. The van der Waals surface area contributed by atoms with Crippen molar-refractivity contribution < 1.29 is 28.5 Å². The molecule has 1 aliphatic carbocycles. The highest BCUT2D eigenvalue weighted by Crippen LogP contribution is 2.40. The highest BCUT2D eigenvalue weighted by Gasteiger charge is 2.50. The third-order valence-corrected chi connectivity index (χ3v) is 6.83. The molecule has 1 fully saturated rings. The summed E-state index contributed by atoms with van der Waals surface area (Å²) in [5, 5.41) is 36.6. The predicted octanol–water partition coefficient (Wildman–Crippen LogP) is 2.34. The molecule has 33 heavy (non-hydrogen) atoms. The van der Waals surface area contributed by atoms with Gasteiger partial charge >= 0.3 is 6.18 Å². The van der Waals surface area contributed by atoms with Crippen LogP contribution in [0.2, 0.25) is 0 Å². The Morgan fingerprint density at radius 2 is 2.03 bits per heavy atom. The van der Waals surface area contributed by atoms with Gasteiger partial charge in [-0.2, -0.15) is 18.2 Å². The van der Waals surface area contributed by atoms with Crippen molar-refractivity contribution in [3.63, 3.8) is 0 Å². The van der Waals surface area contributed by atoms with E-state index in [1.54, 1.807) is 25.4 Å². The van der Waals surface area contributed by atoms with E-state index in [0.29, 0.717) is 21.8 Å². The van der Waals surface area contributed by atoms with Gasteiger partial charge in [-0.3, -0.25) is 4.98 Å². The first kappa shape index (κ1) is 23.5. The van der Waals surface area contributed by atoms with E-state index in [1.165, 1.54) is 18.3 Å². The number of halogens is 3. The van der Waals surface area contributed by atoms with E-state index < -0.39 is 36.4 Å². The van der Waals surface area contributed by atoms with Gasteiger partial charge in [-0.05, 0) is 26.3 Å². The maximum Gasteiger partial charge on any atom is 0.405 e. The Bertz CT molecular complexity index is 1120. The third-order valence-electron chi connectivity index (χ3n) is 5.78. The lowest BCUT2D eigenvalue weighted by atomic mass is 9.96. The highest BCUT2D eigenvalue weighted by molar-refractivity contribution is 7.21. The fourth-order valence-electron chi connectivity index (χ4n) is 3.98. The number of hydrogen-bond donors (Lipinski definition) is 5. The van der Waals surface area contributed by atoms with Crippen LogP contribution in [-0.4, -0.2) is 72.3 Å². The van der Waals surface area contributed by atoms with Crippen LogP contribution in [0.1, 0.15) is 19.0 Å². The van der Waals surface area contributed by atoms with Crippen LogP contribution in [0.3, 0.4) is 0 Å². The molecule has 3 aromatic rings. The summed E-state index contributed by atoms with van der Waals surface area (Å²) in [5.74, 6) is -0.647. The number of nitrogens with one attached hydrogen (secondary N) is 2. The fraction of sp³-hybridized carbons (Fsp3) is 0.500. The van der Waals surface area contributed by atoms with E-state index >= 15 is 0 Å². The zero-order valence-corrected chi connectivity index (χ0v) is 18.6. The summed E-state index contributed by atoms with van der Waals surface area (Å²) in [6.45, 7) is 1.42. The quantitative estimate of drug-likeness (QED) is 0.357. The van der Waals surface area contributed by atoms with Crippen LogP contribution < -0.4 is 10.6 Å². The zero-order valence-electron chi connectivity index (χ0n) is 17.8.